The zero-order chi connectivity index (χ0) is 14.1. The van der Waals surface area contributed by atoms with E-state index in [2.05, 4.69) is 5.32 Å². The molecule has 1 aromatic rings. The lowest BCUT2D eigenvalue weighted by Crippen LogP contribution is -2.36. The first-order chi connectivity index (χ1) is 9.17. The van der Waals surface area contributed by atoms with E-state index >= 15 is 0 Å². The number of methoxy groups -OCH3 is 2. The lowest BCUT2D eigenvalue weighted by molar-refractivity contribution is -0.129. The zero-order valence-corrected chi connectivity index (χ0v) is 11.8. The Morgan fingerprint density at radius 1 is 1.37 bits per heavy atom. The van der Waals surface area contributed by atoms with Gasteiger partial charge in [-0.05, 0) is 17.7 Å². The predicted octanol–water partition coefficient (Wildman–Crippen LogP) is 0.890. The van der Waals surface area contributed by atoms with E-state index < -0.39 is 0 Å². The molecule has 0 aliphatic rings. The molecular weight excluding hydrogens is 244 g/mol. The molecule has 0 aliphatic carbocycles. The van der Waals surface area contributed by atoms with Crippen LogP contribution in [0.2, 0.25) is 0 Å². The maximum absolute atomic E-state index is 11.9. The molecule has 0 spiro atoms. The zero-order valence-electron chi connectivity index (χ0n) is 11.8. The fraction of sp³-hybridized carbons (Fsp3) is 0.500. The van der Waals surface area contributed by atoms with Gasteiger partial charge in [-0.15, -0.1) is 0 Å². The molecule has 1 aromatic carbocycles. The summed E-state index contributed by atoms with van der Waals surface area (Å²) in [7, 11) is 5.06. The third-order valence-electron chi connectivity index (χ3n) is 2.74. The predicted molar refractivity (Wildman–Crippen MR) is 74.2 cm³/mol. The number of benzene rings is 1. The van der Waals surface area contributed by atoms with Gasteiger partial charge in [0.2, 0.25) is 5.91 Å². The van der Waals surface area contributed by atoms with Crippen LogP contribution in [0.1, 0.15) is 5.56 Å². The van der Waals surface area contributed by atoms with Crippen LogP contribution in [0.5, 0.6) is 5.75 Å². The number of ether oxygens (including phenoxy) is 2. The fourth-order valence-corrected chi connectivity index (χ4v) is 1.64. The topological polar surface area (TPSA) is 50.8 Å². The van der Waals surface area contributed by atoms with Crippen molar-refractivity contribution in [3.8, 4) is 5.75 Å². The summed E-state index contributed by atoms with van der Waals surface area (Å²) in [6.07, 6.45) is 0. The molecule has 1 amide bonds. The fourth-order valence-electron chi connectivity index (χ4n) is 1.64. The average molecular weight is 266 g/mol. The molecule has 0 saturated carbocycles. The molecule has 0 aromatic heterocycles. The van der Waals surface area contributed by atoms with Gasteiger partial charge in [-0.2, -0.15) is 0 Å². The number of amides is 1. The van der Waals surface area contributed by atoms with Crippen LogP contribution < -0.4 is 10.1 Å². The number of carbonyl (C=O) groups excluding carboxylic acids is 1. The molecule has 106 valence electrons. The Balaban J connectivity index is 2.40. The summed E-state index contributed by atoms with van der Waals surface area (Å²) in [6, 6.07) is 7.72. The summed E-state index contributed by atoms with van der Waals surface area (Å²) < 4.78 is 10.1. The summed E-state index contributed by atoms with van der Waals surface area (Å²) in [4.78, 5) is 13.5. The van der Waals surface area contributed by atoms with E-state index in [0.29, 0.717) is 26.2 Å². The first kappa shape index (κ1) is 15.5. The standard InChI is InChI=1S/C14H22N2O3/c1-16(14(17)10-15-7-8-18-2)11-12-5-4-6-13(9-12)19-3/h4-6,9,15H,7-8,10-11H2,1-3H3. The van der Waals surface area contributed by atoms with Crippen molar-refractivity contribution in [3.05, 3.63) is 29.8 Å². The van der Waals surface area contributed by atoms with Crippen molar-refractivity contribution in [1.29, 1.82) is 0 Å². The van der Waals surface area contributed by atoms with Gasteiger partial charge in [-0.1, -0.05) is 12.1 Å². The molecule has 19 heavy (non-hydrogen) atoms. The second kappa shape index (κ2) is 8.50. The normalized spacial score (nSPS) is 10.3. The van der Waals surface area contributed by atoms with Crippen molar-refractivity contribution < 1.29 is 14.3 Å². The van der Waals surface area contributed by atoms with Crippen LogP contribution in [-0.4, -0.2) is 51.8 Å². The number of nitrogens with one attached hydrogen (secondary N) is 1. The van der Waals surface area contributed by atoms with E-state index in [4.69, 9.17) is 9.47 Å². The minimum Gasteiger partial charge on any atom is -0.497 e. The quantitative estimate of drug-likeness (QED) is 0.710. The Bertz CT molecular complexity index is 396. The maximum atomic E-state index is 11.9. The van der Waals surface area contributed by atoms with Crippen molar-refractivity contribution >= 4 is 5.91 Å². The van der Waals surface area contributed by atoms with Gasteiger partial charge in [-0.25, -0.2) is 0 Å². The molecule has 0 heterocycles. The van der Waals surface area contributed by atoms with Crippen molar-refractivity contribution in [1.82, 2.24) is 10.2 Å². The molecule has 0 atom stereocenters. The number of hydrogen-bond acceptors (Lipinski definition) is 4. The SMILES string of the molecule is COCCNCC(=O)N(C)Cc1cccc(OC)c1. The van der Waals surface area contributed by atoms with Crippen molar-refractivity contribution in [3.63, 3.8) is 0 Å². The van der Waals surface area contributed by atoms with Crippen LogP contribution in [0.3, 0.4) is 0 Å². The largest absolute Gasteiger partial charge is 0.497 e. The highest BCUT2D eigenvalue weighted by atomic mass is 16.5. The Hall–Kier alpha value is -1.59. The summed E-state index contributed by atoms with van der Waals surface area (Å²) >= 11 is 0. The van der Waals surface area contributed by atoms with Gasteiger partial charge in [0.25, 0.3) is 0 Å². The lowest BCUT2D eigenvalue weighted by atomic mass is 10.2. The molecule has 5 nitrogen and oxygen atoms in total. The summed E-state index contributed by atoms with van der Waals surface area (Å²) in [6.45, 7) is 2.17. The van der Waals surface area contributed by atoms with Crippen LogP contribution in [0.25, 0.3) is 0 Å². The van der Waals surface area contributed by atoms with Crippen molar-refractivity contribution in [2.45, 2.75) is 6.54 Å². The van der Waals surface area contributed by atoms with Gasteiger partial charge >= 0.3 is 0 Å². The van der Waals surface area contributed by atoms with Gasteiger partial charge in [0.05, 0.1) is 20.3 Å². The molecule has 1 rings (SSSR count). The average Bonchev–Trinajstić information content (AvgIpc) is 2.43. The van der Waals surface area contributed by atoms with E-state index in [9.17, 15) is 4.79 Å². The molecule has 1 N–H and O–H groups in total. The van der Waals surface area contributed by atoms with E-state index in [1.165, 1.54) is 0 Å². The highest BCUT2D eigenvalue weighted by Crippen LogP contribution is 2.13. The Morgan fingerprint density at radius 2 is 2.16 bits per heavy atom. The Labute approximate surface area is 114 Å². The van der Waals surface area contributed by atoms with Crippen LogP contribution in [0, 0.1) is 0 Å². The third kappa shape index (κ3) is 5.72. The second-order valence-corrected chi connectivity index (χ2v) is 4.27. The van der Waals surface area contributed by atoms with Crippen LogP contribution >= 0.6 is 0 Å². The monoisotopic (exact) mass is 266 g/mol. The Morgan fingerprint density at radius 3 is 2.84 bits per heavy atom. The number of likely N-dealkylation sites (N-methyl/N-ethyl adjacent to an activating group) is 1. The smallest absolute Gasteiger partial charge is 0.236 e. The van der Waals surface area contributed by atoms with Gasteiger partial charge < -0.3 is 19.7 Å². The van der Waals surface area contributed by atoms with Crippen LogP contribution in [0.4, 0.5) is 0 Å². The lowest BCUT2D eigenvalue weighted by Gasteiger charge is -2.18. The van der Waals surface area contributed by atoms with Gasteiger partial charge in [0, 0.05) is 27.2 Å². The molecule has 5 heteroatoms. The molecule has 0 fully saturated rings. The van der Waals surface area contributed by atoms with E-state index in [0.717, 1.165) is 11.3 Å². The second-order valence-electron chi connectivity index (χ2n) is 4.27. The third-order valence-corrected chi connectivity index (χ3v) is 2.74. The summed E-state index contributed by atoms with van der Waals surface area (Å²) in [5, 5.41) is 3.03. The Kier molecular flexibility index (Phi) is 6.92. The van der Waals surface area contributed by atoms with Gasteiger partial charge in [-0.3, -0.25) is 4.79 Å². The highest BCUT2D eigenvalue weighted by molar-refractivity contribution is 5.77. The van der Waals surface area contributed by atoms with E-state index in [-0.39, 0.29) is 5.91 Å². The maximum Gasteiger partial charge on any atom is 0.236 e. The minimum atomic E-state index is 0.0546. The molecule has 0 radical (unpaired) electrons. The van der Waals surface area contributed by atoms with E-state index in [1.807, 2.05) is 24.3 Å². The van der Waals surface area contributed by atoms with Crippen LogP contribution in [-0.2, 0) is 16.1 Å². The summed E-state index contributed by atoms with van der Waals surface area (Å²) in [5.74, 6) is 0.857. The first-order valence-corrected chi connectivity index (χ1v) is 6.24. The van der Waals surface area contributed by atoms with Crippen molar-refractivity contribution in [2.75, 3.05) is 41.0 Å². The number of nitrogens with zero attached hydrogens (tertiary/aromatic N) is 1. The van der Waals surface area contributed by atoms with Crippen molar-refractivity contribution in [2.24, 2.45) is 0 Å². The molecule has 0 saturated heterocycles. The minimum absolute atomic E-state index is 0.0546. The number of carbonyl (C=O) groups is 1. The first-order valence-electron chi connectivity index (χ1n) is 6.24. The van der Waals surface area contributed by atoms with E-state index in [1.54, 1.807) is 26.2 Å². The molecule has 0 aliphatic heterocycles. The van der Waals surface area contributed by atoms with Crippen LogP contribution in [0.15, 0.2) is 24.3 Å². The van der Waals surface area contributed by atoms with Gasteiger partial charge in [0.1, 0.15) is 5.75 Å². The molecule has 0 unspecified atom stereocenters. The highest BCUT2D eigenvalue weighted by Gasteiger charge is 2.08. The van der Waals surface area contributed by atoms with Gasteiger partial charge in [0.15, 0.2) is 0 Å². The number of rotatable bonds is 8. The molecule has 0 bridgehead atoms. The summed E-state index contributed by atoms with van der Waals surface area (Å²) in [5.41, 5.74) is 1.05. The number of hydrogen-bond donors (Lipinski definition) is 1. The molecular formula is C14H22N2O3.